The lowest BCUT2D eigenvalue weighted by atomic mass is 10.1. The molecule has 2 rings (SSSR count). The zero-order valence-corrected chi connectivity index (χ0v) is 9.02. The number of fused-ring (bicyclic) bond motifs is 1. The van der Waals surface area contributed by atoms with E-state index in [1.165, 1.54) is 0 Å². The molecule has 72 valence electrons. The minimum absolute atomic E-state index is 0.322. The topological polar surface area (TPSA) is 38.9 Å². The minimum Gasteiger partial charge on any atom is -0.396 e. The number of benzene rings is 1. The van der Waals surface area contributed by atoms with Gasteiger partial charge in [-0.3, -0.25) is 0 Å². The van der Waals surface area contributed by atoms with Gasteiger partial charge in [0.15, 0.2) is 5.15 Å². The Morgan fingerprint density at radius 2 is 2.00 bits per heavy atom. The molecule has 2 aromatic rings. The van der Waals surface area contributed by atoms with Gasteiger partial charge < -0.3 is 5.73 Å². The van der Waals surface area contributed by atoms with Gasteiger partial charge in [0.25, 0.3) is 0 Å². The van der Waals surface area contributed by atoms with E-state index in [0.717, 1.165) is 16.5 Å². The number of nitrogens with zero attached hydrogens (tertiary/aromatic N) is 1. The van der Waals surface area contributed by atoms with Crippen LogP contribution in [-0.4, -0.2) is 4.98 Å². The largest absolute Gasteiger partial charge is 0.396 e. The van der Waals surface area contributed by atoms with E-state index >= 15 is 0 Å². The molecular formula is C10H8Cl2N2. The van der Waals surface area contributed by atoms with Crippen molar-refractivity contribution < 1.29 is 0 Å². The summed E-state index contributed by atoms with van der Waals surface area (Å²) in [6.45, 7) is 1.91. The molecule has 0 unspecified atom stereocenters. The molecule has 1 heterocycles. The molecule has 0 fully saturated rings. The number of rotatable bonds is 0. The molecule has 0 aliphatic heterocycles. The van der Waals surface area contributed by atoms with Crippen LogP contribution in [-0.2, 0) is 0 Å². The summed E-state index contributed by atoms with van der Waals surface area (Å²) in [5, 5.41) is 1.96. The number of hydrogen-bond donors (Lipinski definition) is 1. The summed E-state index contributed by atoms with van der Waals surface area (Å²) in [4.78, 5) is 4.19. The third kappa shape index (κ3) is 1.41. The van der Waals surface area contributed by atoms with E-state index < -0.39 is 0 Å². The van der Waals surface area contributed by atoms with Gasteiger partial charge in [0.1, 0.15) is 0 Å². The van der Waals surface area contributed by atoms with Crippen LogP contribution in [0.15, 0.2) is 18.2 Å². The molecule has 1 aromatic carbocycles. The maximum Gasteiger partial charge on any atom is 0.152 e. The van der Waals surface area contributed by atoms with Crippen molar-refractivity contribution in [2.24, 2.45) is 0 Å². The van der Waals surface area contributed by atoms with Crippen molar-refractivity contribution in [3.05, 3.63) is 33.9 Å². The molecular weight excluding hydrogens is 219 g/mol. The number of halogens is 2. The van der Waals surface area contributed by atoms with Crippen LogP contribution >= 0.6 is 23.2 Å². The Morgan fingerprint density at radius 3 is 2.71 bits per heavy atom. The first-order valence-electron chi connectivity index (χ1n) is 4.10. The maximum absolute atomic E-state index is 5.97. The molecule has 0 bridgehead atoms. The molecule has 2 N–H and O–H groups in total. The van der Waals surface area contributed by atoms with Gasteiger partial charge in [-0.1, -0.05) is 29.3 Å². The van der Waals surface area contributed by atoms with Crippen LogP contribution in [0, 0.1) is 6.92 Å². The minimum atomic E-state index is 0.322. The van der Waals surface area contributed by atoms with Gasteiger partial charge >= 0.3 is 0 Å². The second kappa shape index (κ2) is 3.30. The molecule has 1 aromatic heterocycles. The van der Waals surface area contributed by atoms with Gasteiger partial charge in [0.2, 0.25) is 0 Å². The van der Waals surface area contributed by atoms with E-state index in [9.17, 15) is 0 Å². The highest BCUT2D eigenvalue weighted by molar-refractivity contribution is 6.33. The Morgan fingerprint density at radius 1 is 1.29 bits per heavy atom. The summed E-state index contributed by atoms with van der Waals surface area (Å²) in [7, 11) is 0. The molecule has 2 nitrogen and oxygen atoms in total. The first-order chi connectivity index (χ1) is 6.59. The molecule has 0 aliphatic carbocycles. The average molecular weight is 227 g/mol. The van der Waals surface area contributed by atoms with Gasteiger partial charge in [-0.25, -0.2) is 4.98 Å². The fourth-order valence-corrected chi connectivity index (χ4v) is 1.64. The van der Waals surface area contributed by atoms with Gasteiger partial charge in [0.05, 0.1) is 11.2 Å². The Bertz CT molecular complexity index is 509. The van der Waals surface area contributed by atoms with Crippen LogP contribution in [0.4, 0.5) is 5.69 Å². The van der Waals surface area contributed by atoms with E-state index in [-0.39, 0.29) is 0 Å². The van der Waals surface area contributed by atoms with E-state index in [1.54, 1.807) is 6.07 Å². The Hall–Kier alpha value is -0.990. The zero-order chi connectivity index (χ0) is 10.3. The summed E-state index contributed by atoms with van der Waals surface area (Å²) < 4.78 is 0. The predicted octanol–water partition coefficient (Wildman–Crippen LogP) is 3.43. The summed E-state index contributed by atoms with van der Waals surface area (Å²) in [6, 6.07) is 5.51. The summed E-state index contributed by atoms with van der Waals surface area (Å²) in [6.07, 6.45) is 0. The van der Waals surface area contributed by atoms with Crippen LogP contribution in [0.1, 0.15) is 5.56 Å². The van der Waals surface area contributed by atoms with Crippen molar-refractivity contribution in [3.63, 3.8) is 0 Å². The van der Waals surface area contributed by atoms with Gasteiger partial charge in [-0.05, 0) is 24.6 Å². The standard InChI is InChI=1S/C10H8Cl2N2/c1-5-7(11)3-2-6-4-8(13)10(12)14-9(5)6/h2-4H,13H2,1H3. The van der Waals surface area contributed by atoms with E-state index in [2.05, 4.69) is 4.98 Å². The van der Waals surface area contributed by atoms with Crippen molar-refractivity contribution in [3.8, 4) is 0 Å². The normalized spacial score (nSPS) is 10.8. The third-order valence-corrected chi connectivity index (χ3v) is 2.87. The van der Waals surface area contributed by atoms with Crippen LogP contribution in [0.2, 0.25) is 10.2 Å². The summed E-state index contributed by atoms with van der Waals surface area (Å²) >= 11 is 11.8. The van der Waals surface area contributed by atoms with Crippen LogP contribution in [0.5, 0.6) is 0 Å². The number of aromatic nitrogens is 1. The van der Waals surface area contributed by atoms with Crippen LogP contribution in [0.25, 0.3) is 10.9 Å². The highest BCUT2D eigenvalue weighted by atomic mass is 35.5. The number of nitrogen functional groups attached to an aromatic ring is 1. The van der Waals surface area contributed by atoms with Crippen molar-refractivity contribution in [2.45, 2.75) is 6.92 Å². The average Bonchev–Trinajstić information content (AvgIpc) is 2.15. The highest BCUT2D eigenvalue weighted by Gasteiger charge is 2.06. The van der Waals surface area contributed by atoms with Gasteiger partial charge in [0, 0.05) is 10.4 Å². The predicted molar refractivity (Wildman–Crippen MR) is 60.9 cm³/mol. The molecule has 0 atom stereocenters. The van der Waals surface area contributed by atoms with Crippen LogP contribution in [0.3, 0.4) is 0 Å². The molecule has 0 radical (unpaired) electrons. The van der Waals surface area contributed by atoms with E-state index in [1.807, 2.05) is 19.1 Å². The highest BCUT2D eigenvalue weighted by Crippen LogP contribution is 2.28. The smallest absolute Gasteiger partial charge is 0.152 e. The monoisotopic (exact) mass is 226 g/mol. The lowest BCUT2D eigenvalue weighted by Crippen LogP contribution is -1.92. The second-order valence-corrected chi connectivity index (χ2v) is 3.88. The Balaban J connectivity index is 2.89. The van der Waals surface area contributed by atoms with E-state index in [4.69, 9.17) is 28.9 Å². The van der Waals surface area contributed by atoms with Crippen LogP contribution < -0.4 is 5.73 Å². The number of aryl methyl sites for hydroxylation is 1. The molecule has 4 heteroatoms. The molecule has 14 heavy (non-hydrogen) atoms. The summed E-state index contributed by atoms with van der Waals surface area (Å²) in [5.74, 6) is 0. The van der Waals surface area contributed by atoms with Crippen molar-refractivity contribution in [1.29, 1.82) is 0 Å². The number of pyridine rings is 1. The quantitative estimate of drug-likeness (QED) is 0.700. The number of nitrogens with two attached hydrogens (primary N) is 1. The van der Waals surface area contributed by atoms with Crippen molar-refractivity contribution in [1.82, 2.24) is 4.98 Å². The Labute approximate surface area is 91.6 Å². The maximum atomic E-state index is 5.97. The number of hydrogen-bond acceptors (Lipinski definition) is 2. The third-order valence-electron chi connectivity index (χ3n) is 2.16. The van der Waals surface area contributed by atoms with Crippen molar-refractivity contribution >= 4 is 39.8 Å². The summed E-state index contributed by atoms with van der Waals surface area (Å²) in [5.41, 5.74) is 7.86. The molecule has 0 spiro atoms. The fraction of sp³-hybridized carbons (Fsp3) is 0.100. The lowest BCUT2D eigenvalue weighted by Gasteiger charge is -2.05. The zero-order valence-electron chi connectivity index (χ0n) is 7.51. The SMILES string of the molecule is Cc1c(Cl)ccc2cc(N)c(Cl)nc12. The Kier molecular flexibility index (Phi) is 2.25. The van der Waals surface area contributed by atoms with Gasteiger partial charge in [-0.2, -0.15) is 0 Å². The molecule has 0 saturated heterocycles. The molecule has 0 saturated carbocycles. The van der Waals surface area contributed by atoms with Crippen molar-refractivity contribution in [2.75, 3.05) is 5.73 Å². The number of anilines is 1. The van der Waals surface area contributed by atoms with E-state index in [0.29, 0.717) is 15.9 Å². The molecule has 0 amide bonds. The fourth-order valence-electron chi connectivity index (χ4n) is 1.35. The molecule has 0 aliphatic rings. The second-order valence-electron chi connectivity index (χ2n) is 3.11. The lowest BCUT2D eigenvalue weighted by molar-refractivity contribution is 1.37. The first kappa shape index (κ1) is 9.56. The first-order valence-corrected chi connectivity index (χ1v) is 4.86. The van der Waals surface area contributed by atoms with Gasteiger partial charge in [-0.15, -0.1) is 0 Å².